The monoisotopic (exact) mass is 272 g/mol. The second-order valence-electron chi connectivity index (χ2n) is 4.52. The molecule has 1 aromatic rings. The Morgan fingerprint density at radius 2 is 2.22 bits per heavy atom. The molecule has 0 aliphatic carbocycles. The van der Waals surface area contributed by atoms with Gasteiger partial charge in [-0.2, -0.15) is 11.8 Å². The highest BCUT2D eigenvalue weighted by molar-refractivity contribution is 7.99. The number of alkyl halides is 2. The zero-order chi connectivity index (χ0) is 13.0. The van der Waals surface area contributed by atoms with Gasteiger partial charge in [-0.25, -0.2) is 8.78 Å². The molecule has 0 saturated carbocycles. The van der Waals surface area contributed by atoms with E-state index >= 15 is 0 Å². The quantitative estimate of drug-likeness (QED) is 0.816. The molecule has 100 valence electrons. The third-order valence-electron chi connectivity index (χ3n) is 3.10. The number of benzene rings is 1. The van der Waals surface area contributed by atoms with Crippen LogP contribution in [0, 0.1) is 0 Å². The van der Waals surface area contributed by atoms with Crippen LogP contribution in [0.4, 0.5) is 20.2 Å². The van der Waals surface area contributed by atoms with Crippen LogP contribution in [0.25, 0.3) is 0 Å². The van der Waals surface area contributed by atoms with Crippen LogP contribution in [0.15, 0.2) is 18.2 Å². The van der Waals surface area contributed by atoms with Crippen LogP contribution in [0.1, 0.15) is 31.3 Å². The molecule has 1 unspecified atom stereocenters. The molecule has 0 radical (unpaired) electrons. The molecule has 0 bridgehead atoms. The summed E-state index contributed by atoms with van der Waals surface area (Å²) in [7, 11) is 0. The number of hydrogen-bond acceptors (Lipinski definition) is 3. The van der Waals surface area contributed by atoms with E-state index in [1.54, 1.807) is 12.1 Å². The first-order valence-electron chi connectivity index (χ1n) is 6.20. The van der Waals surface area contributed by atoms with E-state index in [0.717, 1.165) is 13.0 Å². The van der Waals surface area contributed by atoms with Crippen LogP contribution in [0.3, 0.4) is 0 Å². The lowest BCUT2D eigenvalue weighted by molar-refractivity contribution is 0.152. The Morgan fingerprint density at radius 3 is 2.89 bits per heavy atom. The highest BCUT2D eigenvalue weighted by Gasteiger charge is 2.16. The highest BCUT2D eigenvalue weighted by atomic mass is 32.2. The van der Waals surface area contributed by atoms with Crippen molar-refractivity contribution < 1.29 is 8.78 Å². The summed E-state index contributed by atoms with van der Waals surface area (Å²) in [6.45, 7) is 0.744. The van der Waals surface area contributed by atoms with E-state index in [2.05, 4.69) is 5.32 Å². The summed E-state index contributed by atoms with van der Waals surface area (Å²) >= 11 is 1.93. The average Bonchev–Trinajstić information content (AvgIpc) is 2.38. The van der Waals surface area contributed by atoms with Gasteiger partial charge in [-0.1, -0.05) is 6.42 Å². The molecule has 1 atom stereocenters. The fourth-order valence-corrected chi connectivity index (χ4v) is 3.35. The molecule has 1 fully saturated rings. The molecule has 1 aromatic carbocycles. The fraction of sp³-hybridized carbons (Fsp3) is 0.538. The van der Waals surface area contributed by atoms with Gasteiger partial charge in [-0.3, -0.25) is 0 Å². The lowest BCUT2D eigenvalue weighted by Crippen LogP contribution is -2.20. The maximum absolute atomic E-state index is 12.9. The lowest BCUT2D eigenvalue weighted by atomic mass is 10.1. The van der Waals surface area contributed by atoms with Crippen LogP contribution in [0.5, 0.6) is 0 Å². The van der Waals surface area contributed by atoms with Crippen molar-refractivity contribution in [3.63, 3.8) is 0 Å². The third-order valence-corrected chi connectivity index (χ3v) is 4.50. The zero-order valence-electron chi connectivity index (χ0n) is 10.2. The molecule has 1 heterocycles. The SMILES string of the molecule is Nc1ccc(NCC2CCCCS2)c(C(F)F)c1. The zero-order valence-corrected chi connectivity index (χ0v) is 11.0. The normalized spacial score (nSPS) is 20.1. The van der Waals surface area contributed by atoms with Gasteiger partial charge in [0.25, 0.3) is 6.43 Å². The smallest absolute Gasteiger partial charge is 0.265 e. The predicted molar refractivity (Wildman–Crippen MR) is 74.4 cm³/mol. The Balaban J connectivity index is 1.99. The van der Waals surface area contributed by atoms with Gasteiger partial charge < -0.3 is 11.1 Å². The molecular weight excluding hydrogens is 254 g/mol. The van der Waals surface area contributed by atoms with Gasteiger partial charge in [-0.15, -0.1) is 0 Å². The largest absolute Gasteiger partial charge is 0.399 e. The molecule has 1 aliphatic rings. The number of nitrogens with one attached hydrogen (secondary N) is 1. The van der Waals surface area contributed by atoms with Gasteiger partial charge in [0.15, 0.2) is 0 Å². The molecule has 0 aromatic heterocycles. The number of thioether (sulfide) groups is 1. The van der Waals surface area contributed by atoms with Crippen molar-refractivity contribution in [1.29, 1.82) is 0 Å². The molecule has 0 amide bonds. The van der Waals surface area contributed by atoms with Crippen LogP contribution in [-0.2, 0) is 0 Å². The van der Waals surface area contributed by atoms with Crippen molar-refractivity contribution in [3.8, 4) is 0 Å². The van der Waals surface area contributed by atoms with E-state index < -0.39 is 6.43 Å². The molecule has 18 heavy (non-hydrogen) atoms. The third kappa shape index (κ3) is 3.51. The standard InChI is InChI=1S/C13H18F2N2S/c14-13(15)11-7-9(16)4-5-12(11)17-8-10-3-1-2-6-18-10/h4-5,7,10,13,17H,1-3,6,8,16H2. The second kappa shape index (κ2) is 6.27. The van der Waals surface area contributed by atoms with E-state index in [-0.39, 0.29) is 5.56 Å². The first kappa shape index (κ1) is 13.5. The number of halogens is 2. The minimum Gasteiger partial charge on any atom is -0.399 e. The molecule has 2 rings (SSSR count). The van der Waals surface area contributed by atoms with Gasteiger partial charge in [0.1, 0.15) is 0 Å². The van der Waals surface area contributed by atoms with E-state index in [1.807, 2.05) is 11.8 Å². The number of rotatable bonds is 4. The van der Waals surface area contributed by atoms with Crippen LogP contribution in [0.2, 0.25) is 0 Å². The molecular formula is C13H18F2N2S. The number of nitrogen functional groups attached to an aromatic ring is 1. The Kier molecular flexibility index (Phi) is 4.69. The summed E-state index contributed by atoms with van der Waals surface area (Å²) in [4.78, 5) is 0. The summed E-state index contributed by atoms with van der Waals surface area (Å²) in [6.07, 6.45) is 1.18. The van der Waals surface area contributed by atoms with Crippen LogP contribution < -0.4 is 11.1 Å². The van der Waals surface area contributed by atoms with E-state index in [1.165, 1.54) is 24.7 Å². The molecule has 5 heteroatoms. The second-order valence-corrected chi connectivity index (χ2v) is 5.93. The minimum atomic E-state index is -2.49. The Morgan fingerprint density at radius 1 is 1.39 bits per heavy atom. The minimum absolute atomic E-state index is 0.00388. The van der Waals surface area contributed by atoms with E-state index in [0.29, 0.717) is 16.6 Å². The highest BCUT2D eigenvalue weighted by Crippen LogP contribution is 2.30. The summed E-state index contributed by atoms with van der Waals surface area (Å²) < 4.78 is 25.7. The average molecular weight is 272 g/mol. The summed E-state index contributed by atoms with van der Waals surface area (Å²) in [5.41, 5.74) is 6.42. The van der Waals surface area contributed by atoms with Crippen molar-refractivity contribution >= 4 is 23.1 Å². The van der Waals surface area contributed by atoms with Gasteiger partial charge >= 0.3 is 0 Å². The first-order chi connectivity index (χ1) is 8.66. The maximum atomic E-state index is 12.9. The van der Waals surface area contributed by atoms with Crippen LogP contribution >= 0.6 is 11.8 Å². The van der Waals surface area contributed by atoms with E-state index in [4.69, 9.17) is 5.73 Å². The van der Waals surface area contributed by atoms with Crippen molar-refractivity contribution in [3.05, 3.63) is 23.8 Å². The first-order valence-corrected chi connectivity index (χ1v) is 7.25. The maximum Gasteiger partial charge on any atom is 0.265 e. The molecule has 3 N–H and O–H groups in total. The summed E-state index contributed by atoms with van der Waals surface area (Å²) in [5.74, 6) is 1.18. The topological polar surface area (TPSA) is 38.0 Å². The molecule has 1 saturated heterocycles. The van der Waals surface area contributed by atoms with Gasteiger partial charge in [-0.05, 0) is 36.8 Å². The number of anilines is 2. The molecule has 1 aliphatic heterocycles. The van der Waals surface area contributed by atoms with E-state index in [9.17, 15) is 8.78 Å². The van der Waals surface area contributed by atoms with Crippen molar-refractivity contribution in [2.24, 2.45) is 0 Å². The Hall–Kier alpha value is -0.970. The Labute approximate surface area is 110 Å². The van der Waals surface area contributed by atoms with Crippen LogP contribution in [-0.4, -0.2) is 17.5 Å². The fourth-order valence-electron chi connectivity index (χ4n) is 2.11. The summed E-state index contributed by atoms with van der Waals surface area (Å²) in [5, 5.41) is 3.66. The van der Waals surface area contributed by atoms with Crippen molar-refractivity contribution in [1.82, 2.24) is 0 Å². The molecule has 0 spiro atoms. The molecule has 2 nitrogen and oxygen atoms in total. The van der Waals surface area contributed by atoms with Gasteiger partial charge in [0, 0.05) is 28.7 Å². The summed E-state index contributed by atoms with van der Waals surface area (Å²) in [6, 6.07) is 4.65. The van der Waals surface area contributed by atoms with Crippen molar-refractivity contribution in [2.45, 2.75) is 30.9 Å². The lowest BCUT2D eigenvalue weighted by Gasteiger charge is -2.22. The number of nitrogens with two attached hydrogens (primary N) is 1. The Bertz CT molecular complexity index is 393. The predicted octanol–water partition coefficient (Wildman–Crippen LogP) is 3.90. The number of hydrogen-bond donors (Lipinski definition) is 2. The van der Waals surface area contributed by atoms with Gasteiger partial charge in [0.05, 0.1) is 0 Å². The van der Waals surface area contributed by atoms with Crippen molar-refractivity contribution in [2.75, 3.05) is 23.3 Å². The van der Waals surface area contributed by atoms with Gasteiger partial charge in [0.2, 0.25) is 0 Å².